The molecule has 4 heterocycles. The monoisotopic (exact) mass is 828 g/mol. The lowest BCUT2D eigenvalue weighted by molar-refractivity contribution is -0.148. The van der Waals surface area contributed by atoms with Crippen molar-refractivity contribution in [3.05, 3.63) is 92.7 Å². The van der Waals surface area contributed by atoms with Gasteiger partial charge < -0.3 is 19.7 Å². The molecule has 0 unspecified atom stereocenters. The highest BCUT2D eigenvalue weighted by molar-refractivity contribution is 6.39. The summed E-state index contributed by atoms with van der Waals surface area (Å²) in [4.78, 5) is 39.7. The third kappa shape index (κ3) is 7.78. The molecule has 2 N–H and O–H groups in total. The zero-order chi connectivity index (χ0) is 41.0. The number of ether oxygens (including phenoxy) is 1. The molecule has 2 aromatic carbocycles. The Morgan fingerprint density at radius 2 is 1.76 bits per heavy atom. The van der Waals surface area contributed by atoms with Gasteiger partial charge >= 0.3 is 5.97 Å². The number of carbonyl (C=O) groups excluding carboxylic acids is 1. The van der Waals surface area contributed by atoms with Crippen LogP contribution < -0.4 is 10.1 Å². The van der Waals surface area contributed by atoms with E-state index < -0.39 is 17.2 Å². The average molecular weight is 830 g/mol. The fourth-order valence-corrected chi connectivity index (χ4v) is 10.5. The molecule has 2 aliphatic heterocycles. The summed E-state index contributed by atoms with van der Waals surface area (Å²) in [6, 6.07) is 12.3. The molecular weight excluding hydrogens is 778 g/mol. The van der Waals surface area contributed by atoms with Gasteiger partial charge in [-0.3, -0.25) is 24.4 Å². The molecule has 2 aliphatic carbocycles. The molecule has 306 valence electrons. The standard InChI is InChI=1S/C45H51Cl2FN6O4/c1-43(2)16-19-54(27-43)24-29-23-49-34(22-37(29)58-4)32(48)21-28-7-5-8-30(38(28)46)31-9-6-10-33(39(31)47)51-41(55)40-50-35-25-53(18-11-36(35)52(40)3)20-17-44-12-14-45(26-44,15-13-44)42(56)57/h5-10,21-23H,11-20,24-27H2,1-4H3,(H,51,55)(H,56,57)/b32-21-. The number of carbonyl (C=O) groups is 2. The molecule has 58 heavy (non-hydrogen) atoms. The van der Waals surface area contributed by atoms with Gasteiger partial charge in [0.05, 0.1) is 34.0 Å². The number of benzene rings is 2. The van der Waals surface area contributed by atoms with Gasteiger partial charge in [-0.2, -0.15) is 0 Å². The number of nitrogens with one attached hydrogen (secondary N) is 1. The molecule has 0 atom stereocenters. The van der Waals surface area contributed by atoms with Crippen LogP contribution in [0.4, 0.5) is 10.1 Å². The summed E-state index contributed by atoms with van der Waals surface area (Å²) in [5, 5.41) is 13.4. The summed E-state index contributed by atoms with van der Waals surface area (Å²) in [5.41, 5.74) is 4.84. The molecule has 8 rings (SSSR count). The second-order valence-electron chi connectivity index (χ2n) is 17.8. The van der Waals surface area contributed by atoms with Gasteiger partial charge in [0.25, 0.3) is 5.91 Å². The van der Waals surface area contributed by atoms with E-state index in [1.165, 1.54) is 6.08 Å². The third-order valence-electron chi connectivity index (χ3n) is 13.3. The fraction of sp³-hybridized carbons (Fsp3) is 0.467. The fourth-order valence-electron chi connectivity index (χ4n) is 9.93. The van der Waals surface area contributed by atoms with E-state index in [0.29, 0.717) is 52.1 Å². The first kappa shape index (κ1) is 40.5. The lowest BCUT2D eigenvalue weighted by Crippen LogP contribution is -2.34. The topological polar surface area (TPSA) is 113 Å². The van der Waals surface area contributed by atoms with Crippen molar-refractivity contribution in [1.29, 1.82) is 0 Å². The van der Waals surface area contributed by atoms with Crippen LogP contribution in [-0.2, 0) is 31.4 Å². The highest BCUT2D eigenvalue weighted by atomic mass is 35.5. The normalized spacial score (nSPS) is 23.0. The smallest absolute Gasteiger partial charge is 0.309 e. The summed E-state index contributed by atoms with van der Waals surface area (Å²) < 4.78 is 23.3. The minimum Gasteiger partial charge on any atom is -0.496 e. The largest absolute Gasteiger partial charge is 0.496 e. The Morgan fingerprint density at radius 3 is 2.45 bits per heavy atom. The van der Waals surface area contributed by atoms with Crippen LogP contribution in [0.5, 0.6) is 5.75 Å². The van der Waals surface area contributed by atoms with Gasteiger partial charge in [0.2, 0.25) is 0 Å². The molecule has 0 radical (unpaired) electrons. The Morgan fingerprint density at radius 1 is 1.02 bits per heavy atom. The molecule has 0 spiro atoms. The van der Waals surface area contributed by atoms with Gasteiger partial charge in [0.15, 0.2) is 5.82 Å². The summed E-state index contributed by atoms with van der Waals surface area (Å²) in [6.45, 7) is 9.57. The summed E-state index contributed by atoms with van der Waals surface area (Å²) >= 11 is 13.9. The molecule has 3 fully saturated rings. The van der Waals surface area contributed by atoms with E-state index in [2.05, 4.69) is 33.9 Å². The van der Waals surface area contributed by atoms with Crippen LogP contribution in [-0.4, -0.2) is 74.6 Å². The van der Waals surface area contributed by atoms with E-state index in [4.69, 9.17) is 32.9 Å². The van der Waals surface area contributed by atoms with Crippen LogP contribution in [0.2, 0.25) is 10.0 Å². The van der Waals surface area contributed by atoms with Crippen molar-refractivity contribution in [3.63, 3.8) is 0 Å². The van der Waals surface area contributed by atoms with E-state index >= 15 is 4.39 Å². The number of hydrogen-bond acceptors (Lipinski definition) is 7. The number of aromatic nitrogens is 3. The van der Waals surface area contributed by atoms with Crippen LogP contribution in [0.15, 0.2) is 48.7 Å². The van der Waals surface area contributed by atoms with Gasteiger partial charge in [-0.25, -0.2) is 9.37 Å². The van der Waals surface area contributed by atoms with Crippen molar-refractivity contribution in [3.8, 4) is 16.9 Å². The number of amides is 1. The second-order valence-corrected chi connectivity index (χ2v) is 18.5. The lowest BCUT2D eigenvalue weighted by Gasteiger charge is -2.32. The Balaban J connectivity index is 0.947. The Bertz CT molecular complexity index is 2300. The number of aliphatic carboxylic acids is 1. The number of rotatable bonds is 12. The van der Waals surface area contributed by atoms with Gasteiger partial charge in [-0.15, -0.1) is 0 Å². The summed E-state index contributed by atoms with van der Waals surface area (Å²) in [7, 11) is 3.45. The maximum atomic E-state index is 15.8. The zero-order valence-corrected chi connectivity index (χ0v) is 35.1. The number of pyridine rings is 1. The van der Waals surface area contributed by atoms with Crippen LogP contribution in [0.1, 0.15) is 97.6 Å². The van der Waals surface area contributed by atoms with Crippen molar-refractivity contribution in [2.45, 2.75) is 78.3 Å². The minimum absolute atomic E-state index is 0.129. The highest BCUT2D eigenvalue weighted by Gasteiger charge is 2.57. The van der Waals surface area contributed by atoms with E-state index in [-0.39, 0.29) is 27.5 Å². The number of fused-ring (bicyclic) bond motifs is 3. The highest BCUT2D eigenvalue weighted by Crippen LogP contribution is 2.63. The predicted molar refractivity (Wildman–Crippen MR) is 226 cm³/mol. The van der Waals surface area contributed by atoms with Gasteiger partial charge in [-0.05, 0) is 86.6 Å². The van der Waals surface area contributed by atoms with Crippen molar-refractivity contribution in [2.24, 2.45) is 23.3 Å². The molecule has 10 nitrogen and oxygen atoms in total. The van der Waals surface area contributed by atoms with E-state index in [1.807, 2.05) is 17.7 Å². The van der Waals surface area contributed by atoms with Crippen molar-refractivity contribution < 1.29 is 23.8 Å². The molecule has 2 bridgehead atoms. The van der Waals surface area contributed by atoms with E-state index in [1.54, 1.807) is 49.7 Å². The number of methoxy groups -OCH3 is 1. The van der Waals surface area contributed by atoms with Crippen LogP contribution in [0.3, 0.4) is 0 Å². The van der Waals surface area contributed by atoms with Crippen LogP contribution in [0, 0.1) is 16.2 Å². The SMILES string of the molecule is COc1cc(/C(F)=C/c2cccc(-c3cccc(NC(=O)c4nc5c(n4C)CCN(CCC46CCC(C(=O)O)(CC4)C6)C5)c3Cl)c2Cl)ncc1CN1CCC(C)(C)C1. The van der Waals surface area contributed by atoms with Gasteiger partial charge in [-0.1, -0.05) is 67.4 Å². The van der Waals surface area contributed by atoms with Gasteiger partial charge in [0, 0.05) is 74.3 Å². The molecule has 13 heteroatoms. The second kappa shape index (κ2) is 15.7. The van der Waals surface area contributed by atoms with E-state index in [0.717, 1.165) is 94.5 Å². The number of carboxylic acids is 1. The lowest BCUT2D eigenvalue weighted by atomic mass is 9.80. The Labute approximate surface area is 349 Å². The van der Waals surface area contributed by atoms with Crippen molar-refractivity contribution in [2.75, 3.05) is 38.6 Å². The van der Waals surface area contributed by atoms with E-state index in [9.17, 15) is 14.7 Å². The zero-order valence-electron chi connectivity index (χ0n) is 33.6. The maximum absolute atomic E-state index is 15.8. The predicted octanol–water partition coefficient (Wildman–Crippen LogP) is 9.53. The van der Waals surface area contributed by atoms with Crippen molar-refractivity contribution >= 4 is 52.7 Å². The maximum Gasteiger partial charge on any atom is 0.309 e. The summed E-state index contributed by atoms with van der Waals surface area (Å²) in [6.07, 6.45) is 10.3. The number of imidazole rings is 1. The number of halogens is 3. The molecule has 1 amide bonds. The molecular formula is C45H51Cl2FN6O4. The molecule has 2 saturated carbocycles. The number of nitrogens with zero attached hydrogens (tertiary/aromatic N) is 5. The number of hydrogen-bond donors (Lipinski definition) is 2. The van der Waals surface area contributed by atoms with Gasteiger partial charge in [0.1, 0.15) is 17.3 Å². The van der Waals surface area contributed by atoms with Crippen molar-refractivity contribution in [1.82, 2.24) is 24.3 Å². The minimum atomic E-state index is -0.630. The van der Waals surface area contributed by atoms with Crippen LogP contribution >= 0.6 is 23.2 Å². The quantitative estimate of drug-likeness (QED) is 0.145. The first-order chi connectivity index (χ1) is 27.7. The molecule has 4 aliphatic rings. The third-order valence-corrected chi connectivity index (χ3v) is 14.2. The molecule has 4 aromatic rings. The first-order valence-corrected chi connectivity index (χ1v) is 21.0. The summed E-state index contributed by atoms with van der Waals surface area (Å²) in [5.74, 6) is -0.701. The number of likely N-dealkylation sites (tertiary alicyclic amines) is 1. The Kier molecular flexibility index (Phi) is 11.0. The molecule has 2 aromatic heterocycles. The number of anilines is 1. The van der Waals surface area contributed by atoms with Crippen LogP contribution in [0.25, 0.3) is 23.0 Å². The Hall–Kier alpha value is -4.29. The molecule has 1 saturated heterocycles. The first-order valence-electron chi connectivity index (χ1n) is 20.2. The average Bonchev–Trinajstić information content (AvgIpc) is 3.97. The number of carboxylic acid groups (broad SMARTS) is 1.